The van der Waals surface area contributed by atoms with Gasteiger partial charge in [0, 0.05) is 18.2 Å². The SMILES string of the molecule is NCC(O)c1ccc([N+](=O)[O-])cc1F. The highest BCUT2D eigenvalue weighted by molar-refractivity contribution is 5.35. The third kappa shape index (κ3) is 2.04. The number of nitro groups is 1. The number of hydrogen-bond donors (Lipinski definition) is 2. The van der Waals surface area contributed by atoms with Gasteiger partial charge >= 0.3 is 0 Å². The summed E-state index contributed by atoms with van der Waals surface area (Å²) < 4.78 is 13.1. The predicted molar refractivity (Wildman–Crippen MR) is 47.1 cm³/mol. The number of nitrogens with zero attached hydrogens (tertiary/aromatic N) is 1. The van der Waals surface area contributed by atoms with Gasteiger partial charge in [-0.1, -0.05) is 0 Å². The highest BCUT2D eigenvalue weighted by Gasteiger charge is 2.15. The molecule has 0 aliphatic carbocycles. The van der Waals surface area contributed by atoms with E-state index in [4.69, 9.17) is 5.73 Å². The van der Waals surface area contributed by atoms with Gasteiger partial charge < -0.3 is 10.8 Å². The summed E-state index contributed by atoms with van der Waals surface area (Å²) in [7, 11) is 0. The molecule has 0 aromatic heterocycles. The summed E-state index contributed by atoms with van der Waals surface area (Å²) in [5, 5.41) is 19.5. The average Bonchev–Trinajstić information content (AvgIpc) is 2.16. The number of non-ortho nitro benzene ring substituents is 1. The summed E-state index contributed by atoms with van der Waals surface area (Å²) in [6.45, 7) is -0.130. The van der Waals surface area contributed by atoms with Crippen LogP contribution in [0.2, 0.25) is 0 Å². The summed E-state index contributed by atoms with van der Waals surface area (Å²) in [6, 6.07) is 3.04. The summed E-state index contributed by atoms with van der Waals surface area (Å²) in [6.07, 6.45) is -1.13. The molecule has 76 valence electrons. The van der Waals surface area contributed by atoms with Gasteiger partial charge in [-0.15, -0.1) is 0 Å². The Morgan fingerprint density at radius 2 is 2.29 bits per heavy atom. The molecule has 5 nitrogen and oxygen atoms in total. The van der Waals surface area contributed by atoms with Crippen LogP contribution in [0.3, 0.4) is 0 Å². The van der Waals surface area contributed by atoms with Gasteiger partial charge in [0.05, 0.1) is 17.1 Å². The fourth-order valence-corrected chi connectivity index (χ4v) is 1.03. The van der Waals surface area contributed by atoms with Crippen LogP contribution in [0.25, 0.3) is 0 Å². The number of aliphatic hydroxyl groups excluding tert-OH is 1. The van der Waals surface area contributed by atoms with Crippen LogP contribution in [0.15, 0.2) is 18.2 Å². The van der Waals surface area contributed by atoms with Gasteiger partial charge in [-0.2, -0.15) is 0 Å². The molecule has 1 atom stereocenters. The lowest BCUT2D eigenvalue weighted by atomic mass is 10.1. The number of aliphatic hydroxyl groups is 1. The van der Waals surface area contributed by atoms with Gasteiger partial charge in [-0.25, -0.2) is 4.39 Å². The van der Waals surface area contributed by atoms with Gasteiger partial charge in [0.2, 0.25) is 0 Å². The lowest BCUT2D eigenvalue weighted by Crippen LogP contribution is -2.13. The zero-order valence-corrected chi connectivity index (χ0v) is 7.18. The zero-order valence-electron chi connectivity index (χ0n) is 7.18. The van der Waals surface area contributed by atoms with E-state index in [1.54, 1.807) is 0 Å². The maximum Gasteiger partial charge on any atom is 0.272 e. The topological polar surface area (TPSA) is 89.4 Å². The monoisotopic (exact) mass is 200 g/mol. The Balaban J connectivity index is 3.07. The Morgan fingerprint density at radius 1 is 1.64 bits per heavy atom. The number of rotatable bonds is 3. The summed E-state index contributed by atoms with van der Waals surface area (Å²) in [5.41, 5.74) is 4.74. The van der Waals surface area contributed by atoms with E-state index >= 15 is 0 Å². The number of hydrogen-bond acceptors (Lipinski definition) is 4. The molecule has 1 aromatic rings. The predicted octanol–water partition coefficient (Wildman–Crippen LogP) is 0.726. The van der Waals surface area contributed by atoms with Crippen molar-refractivity contribution in [3.8, 4) is 0 Å². The first-order chi connectivity index (χ1) is 6.56. The quantitative estimate of drug-likeness (QED) is 0.555. The molecule has 6 heteroatoms. The third-order valence-electron chi connectivity index (χ3n) is 1.78. The molecule has 14 heavy (non-hydrogen) atoms. The summed E-state index contributed by atoms with van der Waals surface area (Å²) in [5.74, 6) is -0.822. The normalized spacial score (nSPS) is 12.5. The molecule has 1 rings (SSSR count). The second-order valence-electron chi connectivity index (χ2n) is 2.71. The average molecular weight is 200 g/mol. The number of nitro benzene ring substituents is 1. The minimum Gasteiger partial charge on any atom is -0.387 e. The van der Waals surface area contributed by atoms with Crippen molar-refractivity contribution in [1.29, 1.82) is 0 Å². The molecule has 0 fully saturated rings. The molecule has 0 bridgehead atoms. The van der Waals surface area contributed by atoms with Crippen LogP contribution in [0.4, 0.5) is 10.1 Å². The Morgan fingerprint density at radius 3 is 2.71 bits per heavy atom. The molecule has 0 amide bonds. The minimum absolute atomic E-state index is 0.0295. The number of benzene rings is 1. The fourth-order valence-electron chi connectivity index (χ4n) is 1.03. The molecule has 0 aliphatic heterocycles. The van der Waals surface area contributed by atoms with E-state index in [1.165, 1.54) is 0 Å². The van der Waals surface area contributed by atoms with E-state index in [-0.39, 0.29) is 17.8 Å². The van der Waals surface area contributed by atoms with Crippen molar-refractivity contribution in [2.75, 3.05) is 6.54 Å². The Hall–Kier alpha value is -1.53. The first kappa shape index (κ1) is 10.6. The summed E-state index contributed by atoms with van der Waals surface area (Å²) >= 11 is 0. The standard InChI is InChI=1S/C8H9FN2O3/c9-7-3-5(11(13)14)1-2-6(7)8(12)4-10/h1-3,8,12H,4,10H2. The fraction of sp³-hybridized carbons (Fsp3) is 0.250. The van der Waals surface area contributed by atoms with E-state index in [0.29, 0.717) is 0 Å². The van der Waals surface area contributed by atoms with Crippen LogP contribution in [-0.4, -0.2) is 16.6 Å². The van der Waals surface area contributed by atoms with Crippen molar-refractivity contribution in [2.45, 2.75) is 6.10 Å². The van der Waals surface area contributed by atoms with E-state index in [0.717, 1.165) is 18.2 Å². The molecule has 0 saturated carbocycles. The van der Waals surface area contributed by atoms with Crippen LogP contribution in [0.5, 0.6) is 0 Å². The van der Waals surface area contributed by atoms with E-state index in [1.807, 2.05) is 0 Å². The van der Waals surface area contributed by atoms with Crippen molar-refractivity contribution in [3.63, 3.8) is 0 Å². The van der Waals surface area contributed by atoms with E-state index in [2.05, 4.69) is 0 Å². The molecular formula is C8H9FN2O3. The Labute approximate surface area is 79.1 Å². The molecular weight excluding hydrogens is 191 g/mol. The maximum atomic E-state index is 13.1. The van der Waals surface area contributed by atoms with Crippen LogP contribution < -0.4 is 5.73 Å². The molecule has 1 aromatic carbocycles. The maximum absolute atomic E-state index is 13.1. The number of nitrogens with two attached hydrogens (primary N) is 1. The van der Waals surface area contributed by atoms with Crippen LogP contribution in [-0.2, 0) is 0 Å². The molecule has 0 heterocycles. The second kappa shape index (κ2) is 4.12. The molecule has 1 unspecified atom stereocenters. The van der Waals surface area contributed by atoms with E-state index < -0.39 is 16.8 Å². The largest absolute Gasteiger partial charge is 0.387 e. The zero-order chi connectivity index (χ0) is 10.7. The first-order valence-corrected chi connectivity index (χ1v) is 3.88. The van der Waals surface area contributed by atoms with Gasteiger partial charge in [-0.05, 0) is 6.07 Å². The molecule has 0 spiro atoms. The smallest absolute Gasteiger partial charge is 0.272 e. The lowest BCUT2D eigenvalue weighted by Gasteiger charge is -2.08. The van der Waals surface area contributed by atoms with Crippen molar-refractivity contribution >= 4 is 5.69 Å². The van der Waals surface area contributed by atoms with Gasteiger partial charge in [-0.3, -0.25) is 10.1 Å². The second-order valence-corrected chi connectivity index (χ2v) is 2.71. The van der Waals surface area contributed by atoms with Crippen LogP contribution in [0, 0.1) is 15.9 Å². The lowest BCUT2D eigenvalue weighted by molar-refractivity contribution is -0.385. The van der Waals surface area contributed by atoms with Crippen LogP contribution in [0.1, 0.15) is 11.7 Å². The van der Waals surface area contributed by atoms with Crippen molar-refractivity contribution in [2.24, 2.45) is 5.73 Å². The highest BCUT2D eigenvalue weighted by atomic mass is 19.1. The molecule has 3 N–H and O–H groups in total. The third-order valence-corrected chi connectivity index (χ3v) is 1.78. The van der Waals surface area contributed by atoms with Crippen LogP contribution >= 0.6 is 0 Å². The molecule has 0 aliphatic rings. The minimum atomic E-state index is -1.13. The van der Waals surface area contributed by atoms with Gasteiger partial charge in [0.25, 0.3) is 5.69 Å². The van der Waals surface area contributed by atoms with Crippen molar-refractivity contribution in [3.05, 3.63) is 39.7 Å². The van der Waals surface area contributed by atoms with Crippen molar-refractivity contribution in [1.82, 2.24) is 0 Å². The van der Waals surface area contributed by atoms with Crippen molar-refractivity contribution < 1.29 is 14.4 Å². The molecule has 0 radical (unpaired) electrons. The van der Waals surface area contributed by atoms with Gasteiger partial charge in [0.15, 0.2) is 0 Å². The molecule has 0 saturated heterocycles. The Bertz CT molecular complexity index is 356. The highest BCUT2D eigenvalue weighted by Crippen LogP contribution is 2.21. The Kier molecular flexibility index (Phi) is 3.10. The summed E-state index contributed by atoms with van der Waals surface area (Å²) in [4.78, 5) is 9.55. The first-order valence-electron chi connectivity index (χ1n) is 3.88. The van der Waals surface area contributed by atoms with Gasteiger partial charge in [0.1, 0.15) is 5.82 Å². The van der Waals surface area contributed by atoms with E-state index in [9.17, 15) is 19.6 Å². The number of halogens is 1.